The first kappa shape index (κ1) is 12.3. The number of hydrogen-bond donors (Lipinski definition) is 1. The van der Waals surface area contributed by atoms with Crippen LogP contribution in [0.2, 0.25) is 0 Å². The molecule has 1 aromatic carbocycles. The highest BCUT2D eigenvalue weighted by Gasteiger charge is 2.08. The Bertz CT molecular complexity index is 775. The van der Waals surface area contributed by atoms with Gasteiger partial charge in [0.15, 0.2) is 4.77 Å². The second-order valence-corrected chi connectivity index (χ2v) is 4.70. The topological polar surface area (TPSA) is 42.8 Å². The van der Waals surface area contributed by atoms with Gasteiger partial charge >= 0.3 is 0 Å². The van der Waals surface area contributed by atoms with Crippen molar-refractivity contribution in [1.29, 1.82) is 0 Å². The van der Waals surface area contributed by atoms with Crippen molar-refractivity contribution in [2.45, 2.75) is 13.5 Å². The molecule has 19 heavy (non-hydrogen) atoms. The van der Waals surface area contributed by atoms with Crippen LogP contribution in [-0.2, 0) is 11.3 Å². The molecule has 2 aromatic heterocycles. The summed E-state index contributed by atoms with van der Waals surface area (Å²) < 4.78 is 8.23. The number of nitrogens with one attached hydrogen (secondary N) is 1. The van der Waals surface area contributed by atoms with E-state index in [1.54, 1.807) is 0 Å². The molecule has 98 valence electrons. The Morgan fingerprint density at radius 2 is 2.21 bits per heavy atom. The molecule has 4 nitrogen and oxygen atoms in total. The van der Waals surface area contributed by atoms with Gasteiger partial charge in [-0.3, -0.25) is 4.98 Å². The number of fused-ring (bicyclic) bond motifs is 3. The van der Waals surface area contributed by atoms with Crippen LogP contribution in [0.3, 0.4) is 0 Å². The Labute approximate surface area is 116 Å². The molecule has 0 atom stereocenters. The van der Waals surface area contributed by atoms with Gasteiger partial charge in [-0.05, 0) is 25.2 Å². The van der Waals surface area contributed by atoms with Gasteiger partial charge in [0.25, 0.3) is 0 Å². The van der Waals surface area contributed by atoms with Crippen molar-refractivity contribution in [2.24, 2.45) is 0 Å². The monoisotopic (exact) mass is 273 g/mol. The molecule has 0 unspecified atom stereocenters. The zero-order chi connectivity index (χ0) is 13.2. The molecule has 0 fully saturated rings. The summed E-state index contributed by atoms with van der Waals surface area (Å²) in [7, 11) is 0. The number of benzene rings is 1. The number of aromatic nitrogens is 3. The summed E-state index contributed by atoms with van der Waals surface area (Å²) in [5.41, 5.74) is 3.06. The normalized spacial score (nSPS) is 11.4. The van der Waals surface area contributed by atoms with E-state index >= 15 is 0 Å². The third-order valence-corrected chi connectivity index (χ3v) is 3.49. The number of imidazole rings is 1. The van der Waals surface area contributed by atoms with Crippen LogP contribution in [0.5, 0.6) is 0 Å². The summed E-state index contributed by atoms with van der Waals surface area (Å²) in [5, 5.41) is 1.11. The van der Waals surface area contributed by atoms with E-state index in [0.717, 1.165) is 35.1 Å². The Morgan fingerprint density at radius 3 is 3.05 bits per heavy atom. The van der Waals surface area contributed by atoms with Crippen molar-refractivity contribution in [3.8, 4) is 0 Å². The van der Waals surface area contributed by atoms with Crippen molar-refractivity contribution >= 4 is 34.2 Å². The van der Waals surface area contributed by atoms with Crippen LogP contribution in [0.15, 0.2) is 30.5 Å². The lowest BCUT2D eigenvalue weighted by Crippen LogP contribution is -2.06. The second-order valence-electron chi connectivity index (χ2n) is 4.32. The first-order chi connectivity index (χ1) is 9.31. The third-order valence-electron chi connectivity index (χ3n) is 3.17. The fraction of sp³-hybridized carbons (Fsp3) is 0.286. The van der Waals surface area contributed by atoms with Gasteiger partial charge in [0.2, 0.25) is 0 Å². The SMILES string of the molecule is CCOCCn1c(=S)[nH]c2cnc3ccccc3c21. The summed E-state index contributed by atoms with van der Waals surface area (Å²) in [4.78, 5) is 7.64. The van der Waals surface area contributed by atoms with Gasteiger partial charge in [0.1, 0.15) is 0 Å². The fourth-order valence-corrected chi connectivity index (χ4v) is 2.60. The van der Waals surface area contributed by atoms with Crippen LogP contribution in [0.4, 0.5) is 0 Å². The van der Waals surface area contributed by atoms with Crippen molar-refractivity contribution in [3.05, 3.63) is 35.2 Å². The average molecular weight is 273 g/mol. The maximum Gasteiger partial charge on any atom is 0.178 e. The molecule has 0 saturated heterocycles. The van der Waals surface area contributed by atoms with E-state index in [-0.39, 0.29) is 0 Å². The van der Waals surface area contributed by atoms with E-state index in [0.29, 0.717) is 11.4 Å². The van der Waals surface area contributed by atoms with Gasteiger partial charge in [-0.2, -0.15) is 0 Å². The highest BCUT2D eigenvalue weighted by Crippen LogP contribution is 2.23. The van der Waals surface area contributed by atoms with Gasteiger partial charge in [-0.1, -0.05) is 18.2 Å². The molecule has 1 N–H and O–H groups in total. The minimum atomic E-state index is 0.661. The molecular weight excluding hydrogens is 258 g/mol. The molecule has 0 saturated carbocycles. The van der Waals surface area contributed by atoms with E-state index in [2.05, 4.69) is 20.6 Å². The van der Waals surface area contributed by atoms with Crippen LogP contribution in [-0.4, -0.2) is 27.7 Å². The zero-order valence-corrected chi connectivity index (χ0v) is 11.5. The molecule has 0 radical (unpaired) electrons. The Morgan fingerprint density at radius 1 is 1.37 bits per heavy atom. The van der Waals surface area contributed by atoms with E-state index in [9.17, 15) is 0 Å². The summed E-state index contributed by atoms with van der Waals surface area (Å²) in [6.07, 6.45) is 1.84. The quantitative estimate of drug-likeness (QED) is 0.586. The number of hydrogen-bond acceptors (Lipinski definition) is 3. The number of H-pyrrole nitrogens is 1. The lowest BCUT2D eigenvalue weighted by atomic mass is 10.2. The molecule has 5 heteroatoms. The van der Waals surface area contributed by atoms with Gasteiger partial charge in [-0.15, -0.1) is 0 Å². The summed E-state index contributed by atoms with van der Waals surface area (Å²) in [6.45, 7) is 4.13. The van der Waals surface area contributed by atoms with Crippen molar-refractivity contribution in [1.82, 2.24) is 14.5 Å². The lowest BCUT2D eigenvalue weighted by Gasteiger charge is -2.06. The van der Waals surface area contributed by atoms with Gasteiger partial charge in [0.05, 0.1) is 29.4 Å². The van der Waals surface area contributed by atoms with Crippen molar-refractivity contribution in [3.63, 3.8) is 0 Å². The first-order valence-electron chi connectivity index (χ1n) is 6.35. The Balaban J connectivity index is 2.22. The predicted molar refractivity (Wildman–Crippen MR) is 78.9 cm³/mol. The summed E-state index contributed by atoms with van der Waals surface area (Å²) in [5.74, 6) is 0. The van der Waals surface area contributed by atoms with Crippen LogP contribution >= 0.6 is 12.2 Å². The molecule has 0 aliphatic carbocycles. The van der Waals surface area contributed by atoms with Crippen molar-refractivity contribution in [2.75, 3.05) is 13.2 Å². The number of pyridine rings is 1. The fourth-order valence-electron chi connectivity index (χ4n) is 2.31. The number of para-hydroxylation sites is 1. The van der Waals surface area contributed by atoms with Gasteiger partial charge in [-0.25, -0.2) is 0 Å². The minimum absolute atomic E-state index is 0.661. The predicted octanol–water partition coefficient (Wildman–Crippen LogP) is 3.28. The Kier molecular flexibility index (Phi) is 3.31. The molecule has 0 spiro atoms. The number of rotatable bonds is 4. The third kappa shape index (κ3) is 2.15. The number of aromatic amines is 1. The zero-order valence-electron chi connectivity index (χ0n) is 10.7. The minimum Gasteiger partial charge on any atom is -0.380 e. The maximum absolute atomic E-state index is 5.43. The highest BCUT2D eigenvalue weighted by atomic mass is 32.1. The molecule has 3 aromatic rings. The molecule has 0 amide bonds. The first-order valence-corrected chi connectivity index (χ1v) is 6.76. The number of ether oxygens (including phenoxy) is 1. The molecule has 0 aliphatic heterocycles. The average Bonchev–Trinajstić information content (AvgIpc) is 2.76. The van der Waals surface area contributed by atoms with E-state index in [1.165, 1.54) is 0 Å². The van der Waals surface area contributed by atoms with E-state index in [4.69, 9.17) is 17.0 Å². The van der Waals surface area contributed by atoms with Crippen LogP contribution < -0.4 is 0 Å². The second kappa shape index (κ2) is 5.11. The molecule has 3 rings (SSSR count). The molecule has 0 bridgehead atoms. The van der Waals surface area contributed by atoms with Crippen molar-refractivity contribution < 1.29 is 4.74 Å². The highest BCUT2D eigenvalue weighted by molar-refractivity contribution is 7.71. The molecular formula is C14H15N3OS. The maximum atomic E-state index is 5.43. The smallest absolute Gasteiger partial charge is 0.178 e. The summed E-state index contributed by atoms with van der Waals surface area (Å²) in [6, 6.07) is 8.10. The largest absolute Gasteiger partial charge is 0.380 e. The summed E-state index contributed by atoms with van der Waals surface area (Å²) >= 11 is 5.39. The molecule has 2 heterocycles. The number of nitrogens with zero attached hydrogens (tertiary/aromatic N) is 2. The van der Waals surface area contributed by atoms with Gasteiger partial charge in [0, 0.05) is 18.5 Å². The standard InChI is InChI=1S/C14H15N3OS/c1-2-18-8-7-17-13-10-5-3-4-6-11(10)15-9-12(13)16-14(17)19/h3-6,9H,2,7-8H2,1H3,(H,16,19). The van der Waals surface area contributed by atoms with Crippen LogP contribution in [0.25, 0.3) is 21.9 Å². The van der Waals surface area contributed by atoms with Crippen LogP contribution in [0, 0.1) is 4.77 Å². The lowest BCUT2D eigenvalue weighted by molar-refractivity contribution is 0.139. The van der Waals surface area contributed by atoms with Gasteiger partial charge < -0.3 is 14.3 Å². The van der Waals surface area contributed by atoms with E-state index < -0.39 is 0 Å². The van der Waals surface area contributed by atoms with E-state index in [1.807, 2.05) is 31.3 Å². The van der Waals surface area contributed by atoms with Crippen LogP contribution in [0.1, 0.15) is 6.92 Å². The molecule has 0 aliphatic rings. The Hall–Kier alpha value is -1.72.